The molecule has 1 aromatic rings. The quantitative estimate of drug-likeness (QED) is 0.642. The molecule has 26 heavy (non-hydrogen) atoms. The molecule has 1 fully saturated rings. The third kappa shape index (κ3) is 5.89. The Morgan fingerprint density at radius 1 is 1.38 bits per heavy atom. The number of rotatable bonds is 9. The molecule has 1 heterocycles. The van der Waals surface area contributed by atoms with Crippen molar-refractivity contribution in [1.29, 1.82) is 0 Å². The van der Waals surface area contributed by atoms with Crippen LogP contribution in [0.3, 0.4) is 0 Å². The van der Waals surface area contributed by atoms with E-state index in [2.05, 4.69) is 10.2 Å². The Hall–Kier alpha value is -1.78. The van der Waals surface area contributed by atoms with Gasteiger partial charge in [0.2, 0.25) is 11.8 Å². The lowest BCUT2D eigenvalue weighted by atomic mass is 10.2. The monoisotopic (exact) mass is 393 g/mol. The minimum atomic E-state index is -4.43. The maximum Gasteiger partial charge on any atom is 0.406 e. The maximum absolute atomic E-state index is 12.8. The lowest BCUT2D eigenvalue weighted by Crippen LogP contribution is -2.46. The van der Waals surface area contributed by atoms with Crippen molar-refractivity contribution < 1.29 is 22.8 Å². The second-order valence-corrected chi connectivity index (χ2v) is 7.37. The Morgan fingerprint density at radius 3 is 2.58 bits per heavy atom. The zero-order valence-corrected chi connectivity index (χ0v) is 15.4. The van der Waals surface area contributed by atoms with Crippen LogP contribution in [0.5, 0.6) is 0 Å². The predicted octanol–water partition coefficient (Wildman–Crippen LogP) is 1.51. The first-order valence-electron chi connectivity index (χ1n) is 8.24. The molecule has 2 amide bonds. The number of amides is 2. The fraction of sp³-hybridized carbons (Fsp3) is 0.733. The SMILES string of the molecule is C[C@@H](C1CC1)N(CC(F)(F)F)C(=O)CSc1nnc(CCC(N)=O)n1C. The van der Waals surface area contributed by atoms with Gasteiger partial charge in [0, 0.05) is 25.9 Å². The molecule has 0 unspecified atom stereocenters. The summed E-state index contributed by atoms with van der Waals surface area (Å²) in [6, 6.07) is -0.435. The van der Waals surface area contributed by atoms with Crippen LogP contribution in [0.1, 0.15) is 32.0 Å². The second-order valence-electron chi connectivity index (χ2n) is 6.43. The summed E-state index contributed by atoms with van der Waals surface area (Å²) in [5, 5.41) is 8.25. The van der Waals surface area contributed by atoms with Gasteiger partial charge in [0.1, 0.15) is 12.4 Å². The minimum absolute atomic E-state index is 0.119. The number of nitrogens with two attached hydrogens (primary N) is 1. The number of primary amides is 1. The molecule has 7 nitrogen and oxygen atoms in total. The third-order valence-corrected chi connectivity index (χ3v) is 5.32. The number of alkyl halides is 3. The topological polar surface area (TPSA) is 94.1 Å². The number of aryl methyl sites for hydroxylation is 1. The lowest BCUT2D eigenvalue weighted by molar-refractivity contribution is -0.164. The molecule has 0 saturated heterocycles. The van der Waals surface area contributed by atoms with Gasteiger partial charge in [0.05, 0.1) is 5.75 Å². The fourth-order valence-corrected chi connectivity index (χ4v) is 3.43. The van der Waals surface area contributed by atoms with Crippen molar-refractivity contribution in [2.24, 2.45) is 18.7 Å². The number of hydrogen-bond donors (Lipinski definition) is 1. The van der Waals surface area contributed by atoms with Gasteiger partial charge < -0.3 is 15.2 Å². The van der Waals surface area contributed by atoms with Gasteiger partial charge in [-0.1, -0.05) is 11.8 Å². The summed E-state index contributed by atoms with van der Waals surface area (Å²) in [6.07, 6.45) is -2.30. The highest BCUT2D eigenvalue weighted by Crippen LogP contribution is 2.36. The van der Waals surface area contributed by atoms with Gasteiger partial charge in [-0.2, -0.15) is 13.2 Å². The molecule has 1 saturated carbocycles. The van der Waals surface area contributed by atoms with E-state index in [1.54, 1.807) is 18.5 Å². The van der Waals surface area contributed by atoms with Crippen LogP contribution in [-0.2, 0) is 23.1 Å². The van der Waals surface area contributed by atoms with E-state index in [4.69, 9.17) is 5.73 Å². The third-order valence-electron chi connectivity index (χ3n) is 4.31. The van der Waals surface area contributed by atoms with Crippen LogP contribution < -0.4 is 5.73 Å². The molecule has 2 rings (SSSR count). The van der Waals surface area contributed by atoms with Crippen LogP contribution >= 0.6 is 11.8 Å². The van der Waals surface area contributed by atoms with Gasteiger partial charge in [-0.3, -0.25) is 9.59 Å². The number of nitrogens with zero attached hydrogens (tertiary/aromatic N) is 4. The smallest absolute Gasteiger partial charge is 0.370 e. The van der Waals surface area contributed by atoms with Crippen LogP contribution in [0.2, 0.25) is 0 Å². The Balaban J connectivity index is 1.97. The van der Waals surface area contributed by atoms with Crippen LogP contribution in [0, 0.1) is 5.92 Å². The van der Waals surface area contributed by atoms with Crippen LogP contribution in [0.4, 0.5) is 13.2 Å². The molecule has 0 radical (unpaired) electrons. The van der Waals surface area contributed by atoms with Gasteiger partial charge >= 0.3 is 6.18 Å². The Labute approximate surface area is 153 Å². The molecule has 11 heteroatoms. The van der Waals surface area contributed by atoms with Crippen molar-refractivity contribution >= 4 is 23.6 Å². The highest BCUT2D eigenvalue weighted by atomic mass is 32.2. The van der Waals surface area contributed by atoms with Crippen molar-refractivity contribution in [3.63, 3.8) is 0 Å². The second kappa shape index (κ2) is 8.28. The molecule has 0 aromatic carbocycles. The number of carbonyl (C=O) groups excluding carboxylic acids is 2. The average Bonchev–Trinajstić information content (AvgIpc) is 3.32. The van der Waals surface area contributed by atoms with E-state index in [0.717, 1.165) is 29.5 Å². The Bertz CT molecular complexity index is 660. The van der Waals surface area contributed by atoms with Gasteiger partial charge in [0.25, 0.3) is 0 Å². The van der Waals surface area contributed by atoms with E-state index >= 15 is 0 Å². The first-order valence-corrected chi connectivity index (χ1v) is 9.22. The Kier molecular flexibility index (Phi) is 6.53. The van der Waals surface area contributed by atoms with Crippen molar-refractivity contribution in [2.45, 2.75) is 50.0 Å². The first-order chi connectivity index (χ1) is 12.1. The lowest BCUT2D eigenvalue weighted by Gasteiger charge is -2.30. The summed E-state index contributed by atoms with van der Waals surface area (Å²) >= 11 is 1.03. The molecule has 1 atom stereocenters. The van der Waals surface area contributed by atoms with E-state index in [0.29, 0.717) is 17.4 Å². The molecule has 1 aliphatic carbocycles. The zero-order valence-electron chi connectivity index (χ0n) is 14.6. The summed E-state index contributed by atoms with van der Waals surface area (Å²) in [7, 11) is 1.67. The standard InChI is InChI=1S/C15H22F3N5O2S/c1-9(10-3-4-10)23(8-15(16,17)18)13(25)7-26-14-21-20-12(22(14)2)6-5-11(19)24/h9-10H,3-8H2,1-2H3,(H2,19,24)/t9-/m0/s1. The number of hydrogen-bond acceptors (Lipinski definition) is 5. The molecule has 146 valence electrons. The fourth-order valence-electron chi connectivity index (χ4n) is 2.62. The van der Waals surface area contributed by atoms with E-state index in [1.165, 1.54) is 0 Å². The van der Waals surface area contributed by atoms with Crippen LogP contribution in [-0.4, -0.2) is 56.0 Å². The molecule has 1 aromatic heterocycles. The van der Waals surface area contributed by atoms with E-state index in [-0.39, 0.29) is 18.1 Å². The van der Waals surface area contributed by atoms with E-state index in [1.807, 2.05) is 0 Å². The molecular weight excluding hydrogens is 371 g/mol. The number of carbonyl (C=O) groups is 2. The Morgan fingerprint density at radius 2 is 2.04 bits per heavy atom. The van der Waals surface area contributed by atoms with Gasteiger partial charge in [-0.25, -0.2) is 0 Å². The van der Waals surface area contributed by atoms with Gasteiger partial charge in [0.15, 0.2) is 5.16 Å². The summed E-state index contributed by atoms with van der Waals surface area (Å²) < 4.78 is 40.1. The summed E-state index contributed by atoms with van der Waals surface area (Å²) in [5.41, 5.74) is 5.09. The zero-order chi connectivity index (χ0) is 19.5. The molecule has 0 aliphatic heterocycles. The normalized spacial score (nSPS) is 15.7. The molecule has 0 spiro atoms. The van der Waals surface area contributed by atoms with E-state index < -0.39 is 30.6 Å². The molecule has 1 aliphatic rings. The summed E-state index contributed by atoms with van der Waals surface area (Å²) in [6.45, 7) is 0.420. The average molecular weight is 393 g/mol. The highest BCUT2D eigenvalue weighted by molar-refractivity contribution is 7.99. The minimum Gasteiger partial charge on any atom is -0.370 e. The number of aromatic nitrogens is 3. The van der Waals surface area contributed by atoms with Crippen molar-refractivity contribution in [2.75, 3.05) is 12.3 Å². The maximum atomic E-state index is 12.8. The molecule has 0 bridgehead atoms. The number of thioether (sulfide) groups is 1. The molecular formula is C15H22F3N5O2S. The predicted molar refractivity (Wildman–Crippen MR) is 89.2 cm³/mol. The van der Waals surface area contributed by atoms with Crippen LogP contribution in [0.25, 0.3) is 0 Å². The van der Waals surface area contributed by atoms with Gasteiger partial charge in [-0.15, -0.1) is 10.2 Å². The van der Waals surface area contributed by atoms with Crippen molar-refractivity contribution in [3.8, 4) is 0 Å². The highest BCUT2D eigenvalue weighted by Gasteiger charge is 2.40. The van der Waals surface area contributed by atoms with Crippen molar-refractivity contribution in [3.05, 3.63) is 5.82 Å². The summed E-state index contributed by atoms with van der Waals surface area (Å²) in [5.74, 6) is -0.531. The largest absolute Gasteiger partial charge is 0.406 e. The van der Waals surface area contributed by atoms with Crippen molar-refractivity contribution in [1.82, 2.24) is 19.7 Å². The van der Waals surface area contributed by atoms with E-state index in [9.17, 15) is 22.8 Å². The number of halogens is 3. The molecule has 2 N–H and O–H groups in total. The van der Waals surface area contributed by atoms with Gasteiger partial charge in [-0.05, 0) is 25.7 Å². The first kappa shape index (κ1) is 20.5. The summed E-state index contributed by atoms with van der Waals surface area (Å²) in [4.78, 5) is 24.1. The van der Waals surface area contributed by atoms with Crippen LogP contribution in [0.15, 0.2) is 5.16 Å².